The Hall–Kier alpha value is -0.830. The number of nitrogens with zero attached hydrogens (tertiary/aromatic N) is 2. The second-order valence-corrected chi connectivity index (χ2v) is 4.67. The number of hydrogen-bond acceptors (Lipinski definition) is 2. The van der Waals surface area contributed by atoms with Crippen molar-refractivity contribution >= 4 is 0 Å². The average Bonchev–Trinajstić information content (AvgIpc) is 2.80. The van der Waals surface area contributed by atoms with Crippen molar-refractivity contribution in [3.63, 3.8) is 0 Å². The fraction of sp³-hybridized carbons (Fsp3) is 0.750. The number of hydrogen-bond donors (Lipinski definition) is 1. The third kappa shape index (κ3) is 2.40. The van der Waals surface area contributed by atoms with Gasteiger partial charge in [0.1, 0.15) is 5.82 Å². The molecular weight excluding hydrogens is 186 g/mol. The fourth-order valence-electron chi connectivity index (χ4n) is 2.74. The van der Waals surface area contributed by atoms with Crippen molar-refractivity contribution in [1.29, 1.82) is 0 Å². The Morgan fingerprint density at radius 2 is 2.27 bits per heavy atom. The first-order valence-electron chi connectivity index (χ1n) is 5.92. The molecule has 0 radical (unpaired) electrons. The van der Waals surface area contributed by atoms with Crippen molar-refractivity contribution in [2.45, 2.75) is 25.7 Å². The van der Waals surface area contributed by atoms with Gasteiger partial charge < -0.3 is 9.88 Å². The Balaban J connectivity index is 1.96. The normalized spacial score (nSPS) is 26.0. The summed E-state index contributed by atoms with van der Waals surface area (Å²) in [6, 6.07) is 0. The molecule has 84 valence electrons. The number of aryl methyl sites for hydroxylation is 1. The molecule has 0 aromatic carbocycles. The van der Waals surface area contributed by atoms with Crippen molar-refractivity contribution in [3.05, 3.63) is 18.2 Å². The zero-order valence-electron chi connectivity index (χ0n) is 9.74. The standard InChI is InChI=1S/C12H21N3/c1-13-9-11-5-3-4-10(11)8-12-14-6-7-15(12)2/h6-7,10-11,13H,3-5,8-9H2,1-2H3. The topological polar surface area (TPSA) is 29.9 Å². The van der Waals surface area contributed by atoms with Gasteiger partial charge in [-0.3, -0.25) is 0 Å². The van der Waals surface area contributed by atoms with E-state index in [-0.39, 0.29) is 0 Å². The summed E-state index contributed by atoms with van der Waals surface area (Å²) in [6.45, 7) is 1.16. The SMILES string of the molecule is CNCC1CCCC1Cc1nccn1C. The molecule has 1 heterocycles. The number of aromatic nitrogens is 2. The van der Waals surface area contributed by atoms with Crippen LogP contribution in [0, 0.1) is 11.8 Å². The smallest absolute Gasteiger partial charge is 0.108 e. The molecule has 1 aromatic rings. The van der Waals surface area contributed by atoms with Gasteiger partial charge in [0.15, 0.2) is 0 Å². The molecule has 2 rings (SSSR count). The highest BCUT2D eigenvalue weighted by atomic mass is 15.0. The molecule has 0 amide bonds. The van der Waals surface area contributed by atoms with Crippen LogP contribution in [0.4, 0.5) is 0 Å². The second kappa shape index (κ2) is 4.79. The highest BCUT2D eigenvalue weighted by molar-refractivity contribution is 4.95. The molecule has 0 saturated heterocycles. The fourth-order valence-corrected chi connectivity index (χ4v) is 2.74. The first kappa shape index (κ1) is 10.7. The number of rotatable bonds is 4. The van der Waals surface area contributed by atoms with Crippen LogP contribution in [0.15, 0.2) is 12.4 Å². The van der Waals surface area contributed by atoms with Gasteiger partial charge >= 0.3 is 0 Å². The summed E-state index contributed by atoms with van der Waals surface area (Å²) < 4.78 is 2.15. The van der Waals surface area contributed by atoms with Crippen molar-refractivity contribution in [2.24, 2.45) is 18.9 Å². The molecular formula is C12H21N3. The Labute approximate surface area is 91.9 Å². The number of imidazole rings is 1. The third-order valence-corrected chi connectivity index (χ3v) is 3.65. The van der Waals surface area contributed by atoms with E-state index in [2.05, 4.69) is 29.0 Å². The Morgan fingerprint density at radius 3 is 2.93 bits per heavy atom. The molecule has 3 nitrogen and oxygen atoms in total. The molecule has 2 unspecified atom stereocenters. The highest BCUT2D eigenvalue weighted by Crippen LogP contribution is 2.33. The lowest BCUT2D eigenvalue weighted by atomic mass is 9.92. The molecule has 3 heteroatoms. The van der Waals surface area contributed by atoms with Crippen LogP contribution < -0.4 is 5.32 Å². The maximum absolute atomic E-state index is 4.42. The lowest BCUT2D eigenvalue weighted by molar-refractivity contribution is 0.366. The summed E-state index contributed by atoms with van der Waals surface area (Å²) >= 11 is 0. The molecule has 0 aliphatic heterocycles. The third-order valence-electron chi connectivity index (χ3n) is 3.65. The van der Waals surface area contributed by atoms with Crippen molar-refractivity contribution < 1.29 is 0 Å². The van der Waals surface area contributed by atoms with E-state index in [1.54, 1.807) is 0 Å². The van der Waals surface area contributed by atoms with Crippen molar-refractivity contribution in [3.8, 4) is 0 Å². The van der Waals surface area contributed by atoms with Gasteiger partial charge in [0.2, 0.25) is 0 Å². The molecule has 0 spiro atoms. The molecule has 1 N–H and O–H groups in total. The first-order chi connectivity index (χ1) is 7.31. The van der Waals surface area contributed by atoms with E-state index in [0.29, 0.717) is 0 Å². The van der Waals surface area contributed by atoms with Gasteiger partial charge in [-0.15, -0.1) is 0 Å². The Kier molecular flexibility index (Phi) is 3.41. The molecule has 0 bridgehead atoms. The van der Waals surface area contributed by atoms with Gasteiger partial charge in [0.25, 0.3) is 0 Å². The lowest BCUT2D eigenvalue weighted by Crippen LogP contribution is -2.23. The van der Waals surface area contributed by atoms with Gasteiger partial charge in [0.05, 0.1) is 0 Å². The minimum atomic E-state index is 0.832. The maximum atomic E-state index is 4.42. The minimum absolute atomic E-state index is 0.832. The quantitative estimate of drug-likeness (QED) is 0.812. The van der Waals surface area contributed by atoms with Crippen LogP contribution in [-0.4, -0.2) is 23.1 Å². The van der Waals surface area contributed by atoms with E-state index in [1.165, 1.54) is 25.1 Å². The summed E-state index contributed by atoms with van der Waals surface area (Å²) in [5, 5.41) is 3.31. The van der Waals surface area contributed by atoms with Crippen LogP contribution in [0.3, 0.4) is 0 Å². The van der Waals surface area contributed by atoms with Crippen LogP contribution in [0.1, 0.15) is 25.1 Å². The maximum Gasteiger partial charge on any atom is 0.108 e. The van der Waals surface area contributed by atoms with Crippen LogP contribution in [0.2, 0.25) is 0 Å². The van der Waals surface area contributed by atoms with E-state index in [1.807, 2.05) is 12.4 Å². The molecule has 1 fully saturated rings. The number of nitrogens with one attached hydrogen (secondary N) is 1. The average molecular weight is 207 g/mol. The van der Waals surface area contributed by atoms with Gasteiger partial charge in [0, 0.05) is 25.9 Å². The molecule has 15 heavy (non-hydrogen) atoms. The zero-order chi connectivity index (χ0) is 10.7. The summed E-state index contributed by atoms with van der Waals surface area (Å²) in [7, 11) is 4.14. The zero-order valence-corrected chi connectivity index (χ0v) is 9.74. The predicted molar refractivity (Wildman–Crippen MR) is 61.7 cm³/mol. The van der Waals surface area contributed by atoms with E-state index < -0.39 is 0 Å². The Morgan fingerprint density at radius 1 is 1.47 bits per heavy atom. The highest BCUT2D eigenvalue weighted by Gasteiger charge is 2.27. The Bertz CT molecular complexity index is 306. The van der Waals surface area contributed by atoms with Crippen LogP contribution in [0.25, 0.3) is 0 Å². The summed E-state index contributed by atoms with van der Waals surface area (Å²) in [4.78, 5) is 4.42. The van der Waals surface area contributed by atoms with Crippen LogP contribution in [0.5, 0.6) is 0 Å². The second-order valence-electron chi connectivity index (χ2n) is 4.67. The first-order valence-corrected chi connectivity index (χ1v) is 5.92. The lowest BCUT2D eigenvalue weighted by Gasteiger charge is -2.18. The minimum Gasteiger partial charge on any atom is -0.338 e. The van der Waals surface area contributed by atoms with E-state index >= 15 is 0 Å². The van der Waals surface area contributed by atoms with Gasteiger partial charge in [-0.05, 0) is 38.3 Å². The summed E-state index contributed by atoms with van der Waals surface area (Å²) in [5.41, 5.74) is 0. The van der Waals surface area contributed by atoms with Gasteiger partial charge in [-0.2, -0.15) is 0 Å². The molecule has 2 atom stereocenters. The molecule has 1 aromatic heterocycles. The summed E-state index contributed by atoms with van der Waals surface area (Å²) in [5.74, 6) is 2.92. The predicted octanol–water partition coefficient (Wildman–Crippen LogP) is 1.60. The van der Waals surface area contributed by atoms with Gasteiger partial charge in [-0.25, -0.2) is 4.98 Å². The van der Waals surface area contributed by atoms with Crippen LogP contribution in [-0.2, 0) is 13.5 Å². The van der Waals surface area contributed by atoms with Gasteiger partial charge in [-0.1, -0.05) is 6.42 Å². The largest absolute Gasteiger partial charge is 0.338 e. The summed E-state index contributed by atoms with van der Waals surface area (Å²) in [6.07, 6.45) is 9.24. The molecule has 1 aliphatic carbocycles. The van der Waals surface area contributed by atoms with Crippen molar-refractivity contribution in [2.75, 3.05) is 13.6 Å². The molecule has 1 saturated carbocycles. The van der Waals surface area contributed by atoms with E-state index in [0.717, 1.165) is 24.8 Å². The van der Waals surface area contributed by atoms with Crippen molar-refractivity contribution in [1.82, 2.24) is 14.9 Å². The van der Waals surface area contributed by atoms with Crippen LogP contribution >= 0.6 is 0 Å². The molecule has 1 aliphatic rings. The monoisotopic (exact) mass is 207 g/mol. The van der Waals surface area contributed by atoms with E-state index in [4.69, 9.17) is 0 Å². The van der Waals surface area contributed by atoms with E-state index in [9.17, 15) is 0 Å².